The fraction of sp³-hybridized carbons (Fsp3) is 0.471. The third kappa shape index (κ3) is 3.06. The van der Waals surface area contributed by atoms with Gasteiger partial charge in [-0.15, -0.1) is 0 Å². The van der Waals surface area contributed by atoms with Crippen molar-refractivity contribution >= 4 is 23.5 Å². The van der Waals surface area contributed by atoms with Crippen molar-refractivity contribution in [3.8, 4) is 5.75 Å². The highest BCUT2D eigenvalue weighted by molar-refractivity contribution is 6.03. The summed E-state index contributed by atoms with van der Waals surface area (Å²) in [5.41, 5.74) is 0.553. The lowest BCUT2D eigenvalue weighted by Crippen LogP contribution is -2.51. The fourth-order valence-electron chi connectivity index (χ4n) is 3.35. The van der Waals surface area contributed by atoms with Crippen LogP contribution in [0.25, 0.3) is 0 Å². The van der Waals surface area contributed by atoms with Crippen LogP contribution in [0.5, 0.6) is 5.75 Å². The minimum Gasteiger partial charge on any atom is -0.481 e. The number of carboxylic acid groups (broad SMARTS) is 1. The van der Waals surface area contributed by atoms with Gasteiger partial charge >= 0.3 is 5.97 Å². The lowest BCUT2D eigenvalue weighted by atomic mass is 10.0. The number of carbonyl (C=O) groups is 3. The molecule has 3 atom stereocenters. The summed E-state index contributed by atoms with van der Waals surface area (Å²) in [4.78, 5) is 37.3. The van der Waals surface area contributed by atoms with Gasteiger partial charge in [0, 0.05) is 6.04 Å². The molecule has 0 spiro atoms. The van der Waals surface area contributed by atoms with Gasteiger partial charge in [-0.1, -0.05) is 18.6 Å². The number of aliphatic carboxylic acids is 1. The molecule has 0 bridgehead atoms. The number of carboxylic acids is 1. The van der Waals surface area contributed by atoms with Crippen LogP contribution < -0.4 is 15.0 Å². The molecule has 0 radical (unpaired) electrons. The van der Waals surface area contributed by atoms with Crippen LogP contribution in [0, 0.1) is 5.92 Å². The molecule has 7 nitrogen and oxygen atoms in total. The SMILES string of the molecule is CC1Oc2ccccc2N(CC(=O)N[C@@H]2CCC[C@@H]2C(=O)O)C1=O. The van der Waals surface area contributed by atoms with Crippen molar-refractivity contribution in [1.29, 1.82) is 0 Å². The number of ether oxygens (including phenoxy) is 1. The Morgan fingerprint density at radius 3 is 2.83 bits per heavy atom. The minimum atomic E-state index is -0.890. The number of benzene rings is 1. The van der Waals surface area contributed by atoms with Gasteiger partial charge in [-0.25, -0.2) is 0 Å². The van der Waals surface area contributed by atoms with Gasteiger partial charge in [-0.3, -0.25) is 19.3 Å². The number of amides is 2. The van der Waals surface area contributed by atoms with E-state index in [0.29, 0.717) is 24.3 Å². The number of hydrogen-bond donors (Lipinski definition) is 2. The van der Waals surface area contributed by atoms with E-state index in [4.69, 9.17) is 4.74 Å². The number of anilines is 1. The zero-order valence-electron chi connectivity index (χ0n) is 13.4. The topological polar surface area (TPSA) is 95.9 Å². The van der Waals surface area contributed by atoms with E-state index in [9.17, 15) is 19.5 Å². The molecule has 24 heavy (non-hydrogen) atoms. The van der Waals surface area contributed by atoms with Crippen molar-refractivity contribution in [2.24, 2.45) is 5.92 Å². The van der Waals surface area contributed by atoms with Gasteiger partial charge in [-0.2, -0.15) is 0 Å². The summed E-state index contributed by atoms with van der Waals surface area (Å²) >= 11 is 0. The summed E-state index contributed by atoms with van der Waals surface area (Å²) in [6.07, 6.45) is 1.33. The average molecular weight is 332 g/mol. The van der Waals surface area contributed by atoms with Crippen LogP contribution in [0.3, 0.4) is 0 Å². The van der Waals surface area contributed by atoms with E-state index in [2.05, 4.69) is 5.32 Å². The summed E-state index contributed by atoms with van der Waals surface area (Å²) in [5, 5.41) is 12.0. The Labute approximate surface area is 139 Å². The van der Waals surface area contributed by atoms with E-state index in [1.165, 1.54) is 4.90 Å². The maximum Gasteiger partial charge on any atom is 0.308 e. The Kier molecular flexibility index (Phi) is 4.42. The number of fused-ring (bicyclic) bond motifs is 1. The van der Waals surface area contributed by atoms with Crippen LogP contribution in [-0.2, 0) is 14.4 Å². The van der Waals surface area contributed by atoms with Crippen LogP contribution >= 0.6 is 0 Å². The molecule has 2 N–H and O–H groups in total. The molecule has 0 saturated heterocycles. The number of carbonyl (C=O) groups excluding carboxylic acids is 2. The molecule has 128 valence electrons. The molecule has 0 aromatic heterocycles. The zero-order chi connectivity index (χ0) is 17.3. The molecule has 1 aromatic carbocycles. The molecule has 1 saturated carbocycles. The van der Waals surface area contributed by atoms with Crippen LogP contribution in [0.4, 0.5) is 5.69 Å². The van der Waals surface area contributed by atoms with Crippen LogP contribution in [-0.4, -0.2) is 41.6 Å². The van der Waals surface area contributed by atoms with Gasteiger partial charge < -0.3 is 15.2 Å². The molecular formula is C17H20N2O5. The van der Waals surface area contributed by atoms with Crippen molar-refractivity contribution in [2.45, 2.75) is 38.3 Å². The Balaban J connectivity index is 1.72. The maximum atomic E-state index is 12.4. The quantitative estimate of drug-likeness (QED) is 0.863. The lowest BCUT2D eigenvalue weighted by Gasteiger charge is -2.32. The number of nitrogens with zero attached hydrogens (tertiary/aromatic N) is 1. The standard InChI is InChI=1S/C17H20N2O5/c1-10-16(21)19(13-7-2-3-8-14(13)24-10)9-15(20)18-12-6-4-5-11(12)17(22)23/h2-3,7-8,10-12H,4-6,9H2,1H3,(H,18,20)(H,22,23)/t10?,11-,12+/m0/s1. The van der Waals surface area contributed by atoms with Gasteiger partial charge in [0.15, 0.2) is 6.10 Å². The number of rotatable bonds is 4. The highest BCUT2D eigenvalue weighted by Crippen LogP contribution is 2.33. The van der Waals surface area contributed by atoms with E-state index >= 15 is 0 Å². The molecule has 1 unspecified atom stereocenters. The van der Waals surface area contributed by atoms with Gasteiger partial charge in [0.2, 0.25) is 5.91 Å². The molecule has 2 aliphatic rings. The number of hydrogen-bond acceptors (Lipinski definition) is 4. The van der Waals surface area contributed by atoms with E-state index in [-0.39, 0.29) is 24.4 Å². The predicted octanol–water partition coefficient (Wildman–Crippen LogP) is 1.17. The Hall–Kier alpha value is -2.57. The number of para-hydroxylation sites is 2. The molecule has 1 aliphatic heterocycles. The van der Waals surface area contributed by atoms with Crippen molar-refractivity contribution in [1.82, 2.24) is 5.32 Å². The van der Waals surface area contributed by atoms with Crippen molar-refractivity contribution < 1.29 is 24.2 Å². The second-order valence-electron chi connectivity index (χ2n) is 6.20. The second kappa shape index (κ2) is 6.51. The first-order valence-electron chi connectivity index (χ1n) is 8.06. The summed E-state index contributed by atoms with van der Waals surface area (Å²) in [5.74, 6) is -1.53. The fourth-order valence-corrected chi connectivity index (χ4v) is 3.35. The average Bonchev–Trinajstić information content (AvgIpc) is 3.00. The van der Waals surface area contributed by atoms with Gasteiger partial charge in [0.05, 0.1) is 11.6 Å². The van der Waals surface area contributed by atoms with E-state index in [1.54, 1.807) is 31.2 Å². The summed E-state index contributed by atoms with van der Waals surface area (Å²) in [6.45, 7) is 1.49. The van der Waals surface area contributed by atoms with Crippen molar-refractivity contribution in [3.63, 3.8) is 0 Å². The van der Waals surface area contributed by atoms with Gasteiger partial charge in [0.1, 0.15) is 12.3 Å². The van der Waals surface area contributed by atoms with Crippen LogP contribution in [0.15, 0.2) is 24.3 Å². The Morgan fingerprint density at radius 1 is 1.33 bits per heavy atom. The molecule has 7 heteroatoms. The smallest absolute Gasteiger partial charge is 0.308 e. The van der Waals surface area contributed by atoms with E-state index in [1.807, 2.05) is 0 Å². The molecule has 1 fully saturated rings. The Bertz CT molecular complexity index is 675. The highest BCUT2D eigenvalue weighted by Gasteiger charge is 2.36. The predicted molar refractivity (Wildman–Crippen MR) is 85.8 cm³/mol. The Morgan fingerprint density at radius 2 is 2.08 bits per heavy atom. The van der Waals surface area contributed by atoms with Crippen LogP contribution in [0.1, 0.15) is 26.2 Å². The lowest BCUT2D eigenvalue weighted by molar-refractivity contribution is -0.142. The second-order valence-corrected chi connectivity index (χ2v) is 6.20. The largest absolute Gasteiger partial charge is 0.481 e. The summed E-state index contributed by atoms with van der Waals surface area (Å²) in [6, 6.07) is 6.67. The summed E-state index contributed by atoms with van der Waals surface area (Å²) < 4.78 is 5.54. The number of nitrogens with one attached hydrogen (secondary N) is 1. The van der Waals surface area contributed by atoms with Crippen molar-refractivity contribution in [3.05, 3.63) is 24.3 Å². The first-order chi connectivity index (χ1) is 11.5. The summed E-state index contributed by atoms with van der Waals surface area (Å²) in [7, 11) is 0. The maximum absolute atomic E-state index is 12.4. The monoisotopic (exact) mass is 332 g/mol. The molecule has 1 aliphatic carbocycles. The highest BCUT2D eigenvalue weighted by atomic mass is 16.5. The molecule has 3 rings (SSSR count). The first-order valence-corrected chi connectivity index (χ1v) is 8.06. The van der Waals surface area contributed by atoms with Crippen LogP contribution in [0.2, 0.25) is 0 Å². The van der Waals surface area contributed by atoms with E-state index < -0.39 is 18.0 Å². The minimum absolute atomic E-state index is 0.146. The molecule has 1 heterocycles. The zero-order valence-corrected chi connectivity index (χ0v) is 13.4. The molecular weight excluding hydrogens is 312 g/mol. The third-order valence-electron chi connectivity index (χ3n) is 4.55. The van der Waals surface area contributed by atoms with Crippen molar-refractivity contribution in [2.75, 3.05) is 11.4 Å². The normalized spacial score (nSPS) is 25.8. The molecule has 2 amide bonds. The third-order valence-corrected chi connectivity index (χ3v) is 4.55. The molecule has 1 aromatic rings. The van der Waals surface area contributed by atoms with Gasteiger partial charge in [-0.05, 0) is 31.9 Å². The first kappa shape index (κ1) is 16.3. The van der Waals surface area contributed by atoms with E-state index in [0.717, 1.165) is 6.42 Å². The van der Waals surface area contributed by atoms with Gasteiger partial charge in [0.25, 0.3) is 5.91 Å².